The molecule has 3 heterocycles. The predicted molar refractivity (Wildman–Crippen MR) is 91.0 cm³/mol. The molecule has 0 radical (unpaired) electrons. The molecule has 2 aromatic rings. The number of benzene rings is 1. The molecule has 0 spiro atoms. The second-order valence-electron chi connectivity index (χ2n) is 6.76. The van der Waals surface area contributed by atoms with Crippen LogP contribution in [0.5, 0.6) is 5.75 Å². The monoisotopic (exact) mass is 341 g/mol. The van der Waals surface area contributed by atoms with Gasteiger partial charge in [-0.2, -0.15) is 0 Å². The lowest BCUT2D eigenvalue weighted by Gasteiger charge is -2.30. The lowest BCUT2D eigenvalue weighted by Crippen LogP contribution is -2.36. The standard InChI is InChI=1S/C18H19N3O4/c1-9(2)12-7-15(25-20-12)11-5-17(22)19-13-6-14-16(4-10(11)13)24-8-18(23)21(14)3/h4,6-7,9,11H,5,8H2,1-3H3,(H,19,22)/t11-/m0/s1. The van der Waals surface area contributed by atoms with Crippen molar-refractivity contribution in [1.82, 2.24) is 5.16 Å². The number of hydrogen-bond acceptors (Lipinski definition) is 5. The number of carbonyl (C=O) groups excluding carboxylic acids is 2. The fraction of sp³-hybridized carbons (Fsp3) is 0.389. The maximum absolute atomic E-state index is 12.2. The number of rotatable bonds is 2. The summed E-state index contributed by atoms with van der Waals surface area (Å²) in [5.41, 5.74) is 3.10. The average Bonchev–Trinajstić information content (AvgIpc) is 3.07. The summed E-state index contributed by atoms with van der Waals surface area (Å²) in [6.45, 7) is 4.10. The zero-order valence-corrected chi connectivity index (χ0v) is 14.3. The number of hydrogen-bond donors (Lipinski definition) is 1. The summed E-state index contributed by atoms with van der Waals surface area (Å²) in [6.07, 6.45) is 0.285. The molecule has 0 fully saturated rings. The van der Waals surface area contributed by atoms with Crippen LogP contribution >= 0.6 is 0 Å². The van der Waals surface area contributed by atoms with E-state index in [-0.39, 0.29) is 36.7 Å². The molecular weight excluding hydrogens is 322 g/mol. The highest BCUT2D eigenvalue weighted by Crippen LogP contribution is 2.44. The van der Waals surface area contributed by atoms with Crippen molar-refractivity contribution in [3.05, 3.63) is 35.2 Å². The number of nitrogens with zero attached hydrogens (tertiary/aromatic N) is 2. The predicted octanol–water partition coefficient (Wildman–Crippen LogP) is 2.63. The summed E-state index contributed by atoms with van der Waals surface area (Å²) in [4.78, 5) is 25.6. The minimum atomic E-state index is -0.222. The number of anilines is 2. The van der Waals surface area contributed by atoms with Crippen LogP contribution in [-0.4, -0.2) is 30.6 Å². The maximum atomic E-state index is 12.2. The minimum absolute atomic E-state index is 0.0130. The topological polar surface area (TPSA) is 84.7 Å². The normalized spacial score (nSPS) is 19.4. The van der Waals surface area contributed by atoms with E-state index < -0.39 is 0 Å². The van der Waals surface area contributed by atoms with Crippen molar-refractivity contribution >= 4 is 23.2 Å². The van der Waals surface area contributed by atoms with Crippen molar-refractivity contribution in [3.8, 4) is 5.75 Å². The van der Waals surface area contributed by atoms with Gasteiger partial charge in [0, 0.05) is 25.2 Å². The molecule has 0 aliphatic carbocycles. The van der Waals surface area contributed by atoms with Gasteiger partial charge in [-0.15, -0.1) is 0 Å². The van der Waals surface area contributed by atoms with Crippen LogP contribution in [0.4, 0.5) is 11.4 Å². The third kappa shape index (κ3) is 2.56. The van der Waals surface area contributed by atoms with Gasteiger partial charge in [-0.25, -0.2) is 0 Å². The molecule has 7 nitrogen and oxygen atoms in total. The molecule has 130 valence electrons. The number of carbonyl (C=O) groups is 2. The molecule has 2 aliphatic rings. The SMILES string of the molecule is CC(C)c1cc([C@H]2CC(=O)Nc3cc4c(cc32)OCC(=O)N4C)on1. The Morgan fingerprint density at radius 2 is 2.08 bits per heavy atom. The van der Waals surface area contributed by atoms with Gasteiger partial charge in [-0.1, -0.05) is 19.0 Å². The molecular formula is C18H19N3O4. The first kappa shape index (κ1) is 15.7. The van der Waals surface area contributed by atoms with Crippen LogP contribution in [0.15, 0.2) is 22.7 Å². The van der Waals surface area contributed by atoms with Gasteiger partial charge in [0.25, 0.3) is 5.91 Å². The molecule has 1 atom stereocenters. The summed E-state index contributed by atoms with van der Waals surface area (Å²) >= 11 is 0. The molecule has 1 N–H and O–H groups in total. The van der Waals surface area contributed by atoms with Crippen molar-refractivity contribution in [2.45, 2.75) is 32.1 Å². The van der Waals surface area contributed by atoms with Gasteiger partial charge in [0.15, 0.2) is 6.61 Å². The van der Waals surface area contributed by atoms with Crippen LogP contribution in [-0.2, 0) is 9.59 Å². The largest absolute Gasteiger partial charge is 0.482 e. The molecule has 0 saturated carbocycles. The molecule has 2 amide bonds. The zero-order chi connectivity index (χ0) is 17.7. The lowest BCUT2D eigenvalue weighted by atomic mass is 9.87. The lowest BCUT2D eigenvalue weighted by molar-refractivity contribution is -0.121. The van der Waals surface area contributed by atoms with Gasteiger partial charge in [0.1, 0.15) is 11.5 Å². The highest BCUT2D eigenvalue weighted by molar-refractivity contribution is 6.01. The zero-order valence-electron chi connectivity index (χ0n) is 14.3. The van der Waals surface area contributed by atoms with Gasteiger partial charge in [-0.05, 0) is 23.6 Å². The van der Waals surface area contributed by atoms with Crippen LogP contribution in [0.25, 0.3) is 0 Å². The third-order valence-electron chi connectivity index (χ3n) is 4.74. The van der Waals surface area contributed by atoms with Crippen molar-refractivity contribution in [2.24, 2.45) is 0 Å². The van der Waals surface area contributed by atoms with Crippen LogP contribution in [0.2, 0.25) is 0 Å². The highest BCUT2D eigenvalue weighted by atomic mass is 16.5. The van der Waals surface area contributed by atoms with E-state index in [1.54, 1.807) is 18.0 Å². The van der Waals surface area contributed by atoms with E-state index in [9.17, 15) is 9.59 Å². The Morgan fingerprint density at radius 1 is 1.28 bits per heavy atom. The number of fused-ring (bicyclic) bond motifs is 2. The van der Waals surface area contributed by atoms with Gasteiger partial charge < -0.3 is 19.5 Å². The summed E-state index contributed by atoms with van der Waals surface area (Å²) < 4.78 is 11.1. The van der Waals surface area contributed by atoms with Crippen LogP contribution in [0.1, 0.15) is 49.1 Å². The van der Waals surface area contributed by atoms with E-state index in [4.69, 9.17) is 9.26 Å². The first-order chi connectivity index (χ1) is 11.9. The number of amides is 2. The minimum Gasteiger partial charge on any atom is -0.482 e. The van der Waals surface area contributed by atoms with Crippen LogP contribution in [0, 0.1) is 0 Å². The summed E-state index contributed by atoms with van der Waals surface area (Å²) in [5, 5.41) is 6.99. The van der Waals surface area contributed by atoms with Gasteiger partial charge in [0.05, 0.1) is 17.3 Å². The Kier molecular flexibility index (Phi) is 3.52. The van der Waals surface area contributed by atoms with Crippen LogP contribution in [0.3, 0.4) is 0 Å². The molecule has 7 heteroatoms. The smallest absolute Gasteiger partial charge is 0.264 e. The van der Waals surface area contributed by atoms with E-state index in [1.807, 2.05) is 26.0 Å². The Labute approximate surface area is 144 Å². The molecule has 0 saturated heterocycles. The molecule has 0 bridgehead atoms. The van der Waals surface area contributed by atoms with Gasteiger partial charge >= 0.3 is 0 Å². The number of aromatic nitrogens is 1. The molecule has 0 unspecified atom stereocenters. The highest BCUT2D eigenvalue weighted by Gasteiger charge is 2.33. The number of ether oxygens (including phenoxy) is 1. The average molecular weight is 341 g/mol. The Morgan fingerprint density at radius 3 is 2.80 bits per heavy atom. The molecule has 25 heavy (non-hydrogen) atoms. The summed E-state index contributed by atoms with van der Waals surface area (Å²) in [6, 6.07) is 5.58. The maximum Gasteiger partial charge on any atom is 0.264 e. The quantitative estimate of drug-likeness (QED) is 0.908. The van der Waals surface area contributed by atoms with Crippen molar-refractivity contribution in [3.63, 3.8) is 0 Å². The molecule has 1 aromatic heterocycles. The fourth-order valence-corrected chi connectivity index (χ4v) is 3.22. The van der Waals surface area contributed by atoms with E-state index in [0.717, 1.165) is 11.3 Å². The first-order valence-electron chi connectivity index (χ1n) is 8.27. The van der Waals surface area contributed by atoms with Gasteiger partial charge in [-0.3, -0.25) is 9.59 Å². The number of nitrogens with one attached hydrogen (secondary N) is 1. The van der Waals surface area contributed by atoms with Crippen molar-refractivity contribution in [1.29, 1.82) is 0 Å². The summed E-state index contributed by atoms with van der Waals surface area (Å²) in [5.74, 6) is 1.11. The molecule has 2 aliphatic heterocycles. The second kappa shape index (κ2) is 5.61. The third-order valence-corrected chi connectivity index (χ3v) is 4.74. The van der Waals surface area contributed by atoms with E-state index >= 15 is 0 Å². The fourth-order valence-electron chi connectivity index (χ4n) is 3.22. The molecule has 4 rings (SSSR count). The van der Waals surface area contributed by atoms with E-state index in [2.05, 4.69) is 10.5 Å². The Balaban J connectivity index is 1.80. The van der Waals surface area contributed by atoms with E-state index in [1.165, 1.54) is 0 Å². The van der Waals surface area contributed by atoms with Crippen molar-refractivity contribution < 1.29 is 18.8 Å². The van der Waals surface area contributed by atoms with E-state index in [0.29, 0.717) is 22.9 Å². The van der Waals surface area contributed by atoms with Crippen LogP contribution < -0.4 is 15.0 Å². The Hall–Kier alpha value is -2.83. The first-order valence-corrected chi connectivity index (χ1v) is 8.27. The van der Waals surface area contributed by atoms with Gasteiger partial charge in [0.2, 0.25) is 5.91 Å². The summed E-state index contributed by atoms with van der Waals surface area (Å²) in [7, 11) is 1.70. The van der Waals surface area contributed by atoms with Crippen molar-refractivity contribution in [2.75, 3.05) is 23.9 Å². The Bertz CT molecular complexity index is 871. The molecule has 1 aromatic carbocycles. The second-order valence-corrected chi connectivity index (χ2v) is 6.76. The number of likely N-dealkylation sites (N-methyl/N-ethyl adjacent to an activating group) is 1.